The summed E-state index contributed by atoms with van der Waals surface area (Å²) in [7, 11) is -5.95. The zero-order valence-corrected chi connectivity index (χ0v) is 22.0. The third kappa shape index (κ3) is 2.85. The summed E-state index contributed by atoms with van der Waals surface area (Å²) in [6.07, 6.45) is 0. The molecule has 5 aromatic rings. The first-order valence-corrected chi connectivity index (χ1v) is 17.4. The van der Waals surface area contributed by atoms with Gasteiger partial charge in [-0.3, -0.25) is 4.89 Å². The second kappa shape index (κ2) is 8.72. The van der Waals surface area contributed by atoms with E-state index in [1.54, 1.807) is 0 Å². The molecule has 1 aliphatic rings. The molecule has 0 bridgehead atoms. The molecule has 0 spiro atoms. The lowest BCUT2D eigenvalue weighted by atomic mass is 10.4. The summed E-state index contributed by atoms with van der Waals surface area (Å²) in [5.41, 5.74) is 0. The van der Waals surface area contributed by atoms with Gasteiger partial charge in [0.2, 0.25) is 0 Å². The van der Waals surface area contributed by atoms with Crippen LogP contribution in [0.1, 0.15) is 9.67 Å². The van der Waals surface area contributed by atoms with Gasteiger partial charge in [-0.05, 0) is 5.19 Å². The highest BCUT2D eigenvalue weighted by atomic mass is 32.1. The van der Waals surface area contributed by atoms with Gasteiger partial charge in [0, 0.05) is 5.19 Å². The van der Waals surface area contributed by atoms with E-state index in [0.29, 0.717) is 0 Å². The minimum atomic E-state index is -3.00. The SMILES string of the molecule is O=C(OO)c1sc(O)c2c1[Si](c1ccccc1)(c1ccccc1)[Si]2(c1ccccc1)c1ccccc1. The van der Waals surface area contributed by atoms with Gasteiger partial charge in [0.05, 0.1) is 0 Å². The second-order valence-electron chi connectivity index (χ2n) is 8.83. The average Bonchev–Trinajstić information content (AvgIpc) is 3.25. The Bertz CT molecular complexity index is 1460. The summed E-state index contributed by atoms with van der Waals surface area (Å²) in [4.78, 5) is 17.5. The fourth-order valence-electron chi connectivity index (χ4n) is 6.15. The van der Waals surface area contributed by atoms with Gasteiger partial charge in [-0.25, -0.2) is 4.79 Å². The van der Waals surface area contributed by atoms with E-state index < -0.39 is 21.2 Å². The number of rotatable bonds is 5. The van der Waals surface area contributed by atoms with Crippen LogP contribution in [0.25, 0.3) is 0 Å². The fraction of sp³-hybridized carbons (Fsp3) is 0. The van der Waals surface area contributed by atoms with Gasteiger partial charge >= 0.3 is 5.97 Å². The molecule has 2 N–H and O–H groups in total. The topological polar surface area (TPSA) is 66.8 Å². The van der Waals surface area contributed by atoms with Crippen LogP contribution in [-0.4, -0.2) is 31.5 Å². The monoisotopic (exact) mass is 522 g/mol. The second-order valence-corrected chi connectivity index (χ2v) is 20.6. The number of hydrogen-bond donors (Lipinski definition) is 2. The quantitative estimate of drug-likeness (QED) is 0.211. The number of aromatic hydroxyl groups is 1. The largest absolute Gasteiger partial charge is 0.500 e. The highest BCUT2D eigenvalue weighted by molar-refractivity contribution is 7.74. The molecule has 4 nitrogen and oxygen atoms in total. The molecule has 0 amide bonds. The van der Waals surface area contributed by atoms with Gasteiger partial charge in [-0.2, -0.15) is 5.26 Å². The number of carbonyl (C=O) groups is 1. The Morgan fingerprint density at radius 1 is 0.583 bits per heavy atom. The zero-order valence-electron chi connectivity index (χ0n) is 19.2. The molecule has 176 valence electrons. The van der Waals surface area contributed by atoms with Crippen LogP contribution < -0.4 is 31.1 Å². The van der Waals surface area contributed by atoms with Crippen molar-refractivity contribution in [1.82, 2.24) is 0 Å². The van der Waals surface area contributed by atoms with E-state index >= 15 is 0 Å². The predicted octanol–water partition coefficient (Wildman–Crippen LogP) is 2.12. The molecule has 2 heterocycles. The highest BCUT2D eigenvalue weighted by Gasteiger charge is 2.73. The molecule has 0 saturated heterocycles. The fourth-order valence-corrected chi connectivity index (χ4v) is 28.8. The van der Waals surface area contributed by atoms with Crippen LogP contribution in [0.4, 0.5) is 0 Å². The number of hydrogen-bond acceptors (Lipinski definition) is 5. The molecule has 0 radical (unpaired) electrons. The van der Waals surface area contributed by atoms with Crippen molar-refractivity contribution in [2.75, 3.05) is 0 Å². The lowest BCUT2D eigenvalue weighted by Gasteiger charge is -2.57. The number of thiophene rings is 1. The summed E-state index contributed by atoms with van der Waals surface area (Å²) in [5, 5.41) is 27.4. The van der Waals surface area contributed by atoms with Crippen LogP contribution in [0.5, 0.6) is 5.06 Å². The molecule has 0 saturated carbocycles. The van der Waals surface area contributed by atoms with Crippen molar-refractivity contribution in [2.24, 2.45) is 0 Å². The molecule has 7 heteroatoms. The summed E-state index contributed by atoms with van der Waals surface area (Å²) in [5.74, 6) is -0.830. The number of fused-ring (bicyclic) bond motifs is 1. The molecule has 0 aliphatic carbocycles. The average molecular weight is 523 g/mol. The van der Waals surface area contributed by atoms with E-state index in [-0.39, 0.29) is 9.94 Å². The van der Waals surface area contributed by atoms with E-state index in [1.807, 2.05) is 72.8 Å². The van der Waals surface area contributed by atoms with Crippen molar-refractivity contribution in [3.63, 3.8) is 0 Å². The molecule has 0 fully saturated rings. The first kappa shape index (κ1) is 22.7. The smallest absolute Gasteiger partial charge is 0.382 e. The van der Waals surface area contributed by atoms with Gasteiger partial charge in [-0.15, -0.1) is 0 Å². The molecule has 0 atom stereocenters. The van der Waals surface area contributed by atoms with Gasteiger partial charge in [0.25, 0.3) is 0 Å². The predicted molar refractivity (Wildman–Crippen MR) is 149 cm³/mol. The lowest BCUT2D eigenvalue weighted by molar-refractivity contribution is -0.182. The van der Waals surface area contributed by atoms with Crippen LogP contribution in [0, 0.1) is 0 Å². The van der Waals surface area contributed by atoms with E-state index in [0.717, 1.165) is 32.1 Å². The van der Waals surface area contributed by atoms with Crippen LogP contribution >= 0.6 is 11.3 Å². The summed E-state index contributed by atoms with van der Waals surface area (Å²) < 4.78 is 0. The highest BCUT2D eigenvalue weighted by Crippen LogP contribution is 2.37. The standard InChI is InChI=1S/C29H22O4SSi2/c30-28(33-32)25-26-27(29(31)34-25)36(23-17-9-3-10-18-23,24-19-11-4-12-20-24)35(26,21-13-5-1-6-14-21)22-15-7-2-8-16-22/h1-20,31-32H. The van der Waals surface area contributed by atoms with Gasteiger partial charge in [0.1, 0.15) is 4.88 Å². The van der Waals surface area contributed by atoms with Gasteiger partial charge in [0.15, 0.2) is 20.2 Å². The van der Waals surface area contributed by atoms with Gasteiger partial charge < -0.3 is 5.11 Å². The van der Waals surface area contributed by atoms with Crippen LogP contribution in [-0.2, 0) is 4.89 Å². The normalized spacial score (nSPS) is 14.9. The van der Waals surface area contributed by atoms with Crippen LogP contribution in [0.3, 0.4) is 0 Å². The zero-order chi connectivity index (χ0) is 24.8. The van der Waals surface area contributed by atoms with Crippen molar-refractivity contribution < 1.29 is 20.0 Å². The Hall–Kier alpha value is -3.76. The minimum Gasteiger partial charge on any atom is -0.500 e. The molecule has 6 rings (SSSR count). The minimum absolute atomic E-state index is 0.125. The van der Waals surface area contributed by atoms with E-state index in [9.17, 15) is 15.2 Å². The maximum Gasteiger partial charge on any atom is 0.382 e. The molecule has 0 unspecified atom stereocenters. The summed E-state index contributed by atoms with van der Waals surface area (Å²) in [6.45, 7) is 0. The Balaban J connectivity index is 1.89. The van der Waals surface area contributed by atoms with E-state index in [4.69, 9.17) is 0 Å². The first-order chi connectivity index (χ1) is 17.7. The molecule has 1 aromatic heterocycles. The lowest BCUT2D eigenvalue weighted by Crippen LogP contribution is -3.04. The van der Waals surface area contributed by atoms with Crippen molar-refractivity contribution in [1.29, 1.82) is 0 Å². The van der Waals surface area contributed by atoms with Crippen molar-refractivity contribution in [3.8, 4) is 5.06 Å². The summed E-state index contributed by atoms with van der Waals surface area (Å²) in [6, 6.07) is 41.6. The van der Waals surface area contributed by atoms with E-state index in [2.05, 4.69) is 53.4 Å². The molecule has 36 heavy (non-hydrogen) atoms. The molecular formula is C29H22O4SSi2. The van der Waals surface area contributed by atoms with Crippen LogP contribution in [0.15, 0.2) is 121 Å². The molecular weight excluding hydrogens is 501 g/mol. The third-order valence-electron chi connectivity index (χ3n) is 7.30. The Labute approximate surface area is 214 Å². The third-order valence-corrected chi connectivity index (χ3v) is 25.6. The summed E-state index contributed by atoms with van der Waals surface area (Å²) >= 11 is 1.01. The Kier molecular flexibility index (Phi) is 5.50. The molecule has 1 aliphatic heterocycles. The van der Waals surface area contributed by atoms with Crippen LogP contribution in [0.2, 0.25) is 0 Å². The molecule has 4 aromatic carbocycles. The number of carbonyl (C=O) groups excluding carboxylic acids is 1. The van der Waals surface area contributed by atoms with Crippen molar-refractivity contribution in [2.45, 2.75) is 0 Å². The maximum atomic E-state index is 12.9. The first-order valence-electron chi connectivity index (χ1n) is 11.6. The maximum absolute atomic E-state index is 12.9. The van der Waals surface area contributed by atoms with Gasteiger partial charge in [-0.1, -0.05) is 153 Å². The number of benzene rings is 4. The Morgan fingerprint density at radius 3 is 1.25 bits per heavy atom. The van der Waals surface area contributed by atoms with E-state index in [1.165, 1.54) is 10.4 Å². The van der Waals surface area contributed by atoms with Crippen molar-refractivity contribution in [3.05, 3.63) is 126 Å². The van der Waals surface area contributed by atoms with Crippen molar-refractivity contribution >= 4 is 63.6 Å². The Morgan fingerprint density at radius 2 is 0.917 bits per heavy atom.